The van der Waals surface area contributed by atoms with Crippen LogP contribution < -0.4 is 15.5 Å². The van der Waals surface area contributed by atoms with Gasteiger partial charge in [-0.1, -0.05) is 18.9 Å². The molecule has 1 aliphatic heterocycles. The molecule has 1 unspecified atom stereocenters. The molecule has 1 aromatic carbocycles. The van der Waals surface area contributed by atoms with E-state index in [0.717, 1.165) is 29.9 Å². The third-order valence-electron chi connectivity index (χ3n) is 3.24. The molecular formula is C15H19N3O. The fourth-order valence-electron chi connectivity index (χ4n) is 2.21. The number of hydrogen-bond acceptors (Lipinski definition) is 3. The second kappa shape index (κ2) is 5.77. The van der Waals surface area contributed by atoms with Crippen molar-refractivity contribution in [2.75, 3.05) is 30.4 Å². The lowest BCUT2D eigenvalue weighted by atomic mass is 10.1. The van der Waals surface area contributed by atoms with Crippen LogP contribution in [0.2, 0.25) is 0 Å². The molecule has 100 valence electrons. The standard InChI is InChI=1S/C15H19N3O/c1-4-8-16-14-12-7-6-11(18(3)9-5-2)10-13(12)17-15(14)19/h2,6-7,10,14,16H,4,8-9H2,1,3H3,(H,17,19). The third kappa shape index (κ3) is 2.72. The fraction of sp³-hybridized carbons (Fsp3) is 0.400. The van der Waals surface area contributed by atoms with Crippen molar-refractivity contribution < 1.29 is 4.79 Å². The van der Waals surface area contributed by atoms with Gasteiger partial charge in [-0.3, -0.25) is 4.79 Å². The zero-order valence-corrected chi connectivity index (χ0v) is 11.4. The maximum atomic E-state index is 11.9. The van der Waals surface area contributed by atoms with E-state index in [9.17, 15) is 4.79 Å². The van der Waals surface area contributed by atoms with E-state index in [-0.39, 0.29) is 11.9 Å². The van der Waals surface area contributed by atoms with Crippen molar-refractivity contribution in [1.29, 1.82) is 0 Å². The average Bonchev–Trinajstić information content (AvgIpc) is 2.71. The predicted molar refractivity (Wildman–Crippen MR) is 78.2 cm³/mol. The molecule has 19 heavy (non-hydrogen) atoms. The Hall–Kier alpha value is -1.99. The minimum absolute atomic E-state index is 0.0141. The van der Waals surface area contributed by atoms with Crippen LogP contribution in [0, 0.1) is 12.3 Å². The SMILES string of the molecule is C#CCN(C)c1ccc2c(c1)NC(=O)C2NCCC. The van der Waals surface area contributed by atoms with Gasteiger partial charge in [-0.15, -0.1) is 6.42 Å². The topological polar surface area (TPSA) is 44.4 Å². The van der Waals surface area contributed by atoms with Gasteiger partial charge >= 0.3 is 0 Å². The number of terminal acetylenes is 1. The Labute approximate surface area is 114 Å². The van der Waals surface area contributed by atoms with E-state index < -0.39 is 0 Å². The number of nitrogens with zero attached hydrogens (tertiary/aromatic N) is 1. The van der Waals surface area contributed by atoms with Crippen molar-refractivity contribution in [3.63, 3.8) is 0 Å². The van der Waals surface area contributed by atoms with Gasteiger partial charge in [0, 0.05) is 24.0 Å². The molecule has 1 amide bonds. The van der Waals surface area contributed by atoms with E-state index >= 15 is 0 Å². The van der Waals surface area contributed by atoms with E-state index in [4.69, 9.17) is 6.42 Å². The summed E-state index contributed by atoms with van der Waals surface area (Å²) in [5.41, 5.74) is 2.89. The highest BCUT2D eigenvalue weighted by molar-refractivity contribution is 6.03. The van der Waals surface area contributed by atoms with E-state index in [1.807, 2.05) is 30.1 Å². The Morgan fingerprint density at radius 2 is 2.32 bits per heavy atom. The summed E-state index contributed by atoms with van der Waals surface area (Å²) in [6.45, 7) is 3.46. The smallest absolute Gasteiger partial charge is 0.246 e. The Balaban J connectivity index is 2.22. The minimum Gasteiger partial charge on any atom is -0.363 e. The van der Waals surface area contributed by atoms with E-state index in [1.165, 1.54) is 0 Å². The highest BCUT2D eigenvalue weighted by Crippen LogP contribution is 2.33. The first kappa shape index (κ1) is 13.4. The van der Waals surface area contributed by atoms with Gasteiger partial charge in [-0.05, 0) is 25.1 Å². The predicted octanol–water partition coefficient (Wildman–Crippen LogP) is 1.75. The molecule has 1 aliphatic rings. The Bertz CT molecular complexity index is 519. The molecule has 1 aromatic rings. The second-order valence-corrected chi connectivity index (χ2v) is 4.71. The Morgan fingerprint density at radius 3 is 3.00 bits per heavy atom. The number of fused-ring (bicyclic) bond motifs is 1. The van der Waals surface area contributed by atoms with E-state index in [2.05, 4.69) is 23.5 Å². The van der Waals surface area contributed by atoms with Crippen LogP contribution >= 0.6 is 0 Å². The van der Waals surface area contributed by atoms with Crippen LogP contribution in [-0.4, -0.2) is 26.0 Å². The number of hydrogen-bond donors (Lipinski definition) is 2. The fourth-order valence-corrected chi connectivity index (χ4v) is 2.21. The molecule has 0 fully saturated rings. The van der Waals surface area contributed by atoms with Crippen LogP contribution in [0.25, 0.3) is 0 Å². The highest BCUT2D eigenvalue weighted by Gasteiger charge is 2.29. The molecule has 2 rings (SSSR count). The summed E-state index contributed by atoms with van der Waals surface area (Å²) in [6, 6.07) is 5.72. The largest absolute Gasteiger partial charge is 0.363 e. The average molecular weight is 257 g/mol. The van der Waals surface area contributed by atoms with Gasteiger partial charge < -0.3 is 15.5 Å². The zero-order valence-electron chi connectivity index (χ0n) is 11.4. The van der Waals surface area contributed by atoms with Gasteiger partial charge in [0.15, 0.2) is 0 Å². The Morgan fingerprint density at radius 1 is 1.53 bits per heavy atom. The summed E-state index contributed by atoms with van der Waals surface area (Å²) in [6.07, 6.45) is 6.31. The van der Waals surface area contributed by atoms with Crippen LogP contribution in [0.4, 0.5) is 11.4 Å². The number of benzene rings is 1. The van der Waals surface area contributed by atoms with Crippen molar-refractivity contribution in [1.82, 2.24) is 5.32 Å². The number of carbonyl (C=O) groups is 1. The zero-order chi connectivity index (χ0) is 13.8. The normalized spacial score (nSPS) is 16.7. The summed E-state index contributed by atoms with van der Waals surface area (Å²) >= 11 is 0. The van der Waals surface area contributed by atoms with Crippen LogP contribution in [0.15, 0.2) is 18.2 Å². The molecule has 2 N–H and O–H groups in total. The van der Waals surface area contributed by atoms with Crippen LogP contribution in [0.1, 0.15) is 24.9 Å². The first-order valence-corrected chi connectivity index (χ1v) is 6.50. The van der Waals surface area contributed by atoms with Gasteiger partial charge in [0.25, 0.3) is 0 Å². The number of carbonyl (C=O) groups excluding carboxylic acids is 1. The lowest BCUT2D eigenvalue weighted by molar-refractivity contribution is -0.117. The number of anilines is 2. The molecule has 4 heteroatoms. The molecule has 1 atom stereocenters. The molecule has 0 saturated heterocycles. The van der Waals surface area contributed by atoms with Crippen molar-refractivity contribution in [2.45, 2.75) is 19.4 Å². The Kier molecular flexibility index (Phi) is 4.08. The molecule has 4 nitrogen and oxygen atoms in total. The molecule has 0 aliphatic carbocycles. The monoisotopic (exact) mass is 257 g/mol. The summed E-state index contributed by atoms with van der Waals surface area (Å²) < 4.78 is 0. The first-order valence-electron chi connectivity index (χ1n) is 6.50. The quantitative estimate of drug-likeness (QED) is 0.790. The lowest BCUT2D eigenvalue weighted by Gasteiger charge is -2.17. The first-order chi connectivity index (χ1) is 9.17. The third-order valence-corrected chi connectivity index (χ3v) is 3.24. The molecule has 0 aromatic heterocycles. The van der Waals surface area contributed by atoms with Gasteiger partial charge in [-0.2, -0.15) is 0 Å². The van der Waals surface area contributed by atoms with E-state index in [1.54, 1.807) is 0 Å². The van der Waals surface area contributed by atoms with Gasteiger partial charge in [0.05, 0.1) is 6.54 Å². The maximum Gasteiger partial charge on any atom is 0.246 e. The maximum absolute atomic E-state index is 11.9. The summed E-state index contributed by atoms with van der Waals surface area (Å²) in [7, 11) is 1.94. The van der Waals surface area contributed by atoms with Crippen molar-refractivity contribution >= 4 is 17.3 Å². The van der Waals surface area contributed by atoms with Gasteiger partial charge in [0.1, 0.15) is 6.04 Å². The molecular weight excluding hydrogens is 238 g/mol. The second-order valence-electron chi connectivity index (χ2n) is 4.71. The van der Waals surface area contributed by atoms with Crippen molar-refractivity contribution in [2.24, 2.45) is 0 Å². The van der Waals surface area contributed by atoms with E-state index in [0.29, 0.717) is 6.54 Å². The molecule has 0 radical (unpaired) electrons. The molecule has 0 spiro atoms. The molecule has 0 bridgehead atoms. The highest BCUT2D eigenvalue weighted by atomic mass is 16.2. The lowest BCUT2D eigenvalue weighted by Crippen LogP contribution is -2.27. The number of rotatable bonds is 5. The summed E-state index contributed by atoms with van der Waals surface area (Å²) in [5.74, 6) is 2.62. The van der Waals surface area contributed by atoms with Gasteiger partial charge in [-0.25, -0.2) is 0 Å². The minimum atomic E-state index is -0.234. The van der Waals surface area contributed by atoms with Crippen molar-refractivity contribution in [3.8, 4) is 12.3 Å². The van der Waals surface area contributed by atoms with Gasteiger partial charge in [0.2, 0.25) is 5.91 Å². The van der Waals surface area contributed by atoms with Crippen LogP contribution in [0.3, 0.4) is 0 Å². The number of nitrogens with one attached hydrogen (secondary N) is 2. The van der Waals surface area contributed by atoms with Crippen LogP contribution in [0.5, 0.6) is 0 Å². The van der Waals surface area contributed by atoms with Crippen molar-refractivity contribution in [3.05, 3.63) is 23.8 Å². The summed E-state index contributed by atoms with van der Waals surface area (Å²) in [4.78, 5) is 13.9. The van der Waals surface area contributed by atoms with Crippen LogP contribution in [-0.2, 0) is 4.79 Å². The number of amides is 1. The molecule has 1 heterocycles. The summed E-state index contributed by atoms with van der Waals surface area (Å²) in [5, 5.41) is 6.17. The molecule has 0 saturated carbocycles.